The molecule has 0 saturated carbocycles. The van der Waals surface area contributed by atoms with Gasteiger partial charge in [0.15, 0.2) is 6.10 Å². The van der Waals surface area contributed by atoms with Gasteiger partial charge in [-0.2, -0.15) is 0 Å². The number of carbonyl (C=O) groups is 2. The smallest absolute Gasteiger partial charge is 0.306 e. The fraction of sp³-hybridized carbons (Fsp3) is 0.692. The molecule has 0 unspecified atom stereocenters. The zero-order chi connectivity index (χ0) is 32.2. The molecule has 252 valence electrons. The van der Waals surface area contributed by atoms with Crippen molar-refractivity contribution in [2.24, 2.45) is 0 Å². The highest BCUT2D eigenvalue weighted by Gasteiger charge is 2.15. The van der Waals surface area contributed by atoms with Gasteiger partial charge in [-0.15, -0.1) is 0 Å². The maximum absolute atomic E-state index is 12.1. The van der Waals surface area contributed by atoms with Crippen LogP contribution in [0.1, 0.15) is 155 Å². The van der Waals surface area contributed by atoms with Gasteiger partial charge in [-0.25, -0.2) is 0 Å². The minimum Gasteiger partial charge on any atom is -0.462 e. The first-order valence-corrected chi connectivity index (χ1v) is 17.8. The van der Waals surface area contributed by atoms with Crippen molar-refractivity contribution in [2.45, 2.75) is 161 Å². The highest BCUT2D eigenvalue weighted by molar-refractivity contribution is 5.70. The molecule has 1 N–H and O–H groups in total. The summed E-state index contributed by atoms with van der Waals surface area (Å²) in [5.74, 6) is -0.673. The van der Waals surface area contributed by atoms with E-state index in [9.17, 15) is 14.7 Å². The average molecular weight is 615 g/mol. The van der Waals surface area contributed by atoms with Gasteiger partial charge >= 0.3 is 11.9 Å². The van der Waals surface area contributed by atoms with E-state index >= 15 is 0 Å². The van der Waals surface area contributed by atoms with Crippen molar-refractivity contribution < 1.29 is 24.2 Å². The summed E-state index contributed by atoms with van der Waals surface area (Å²) in [4.78, 5) is 24.1. The minimum absolute atomic E-state index is 0.0942. The molecular formula is C39H66O5. The molecule has 0 heterocycles. The molecule has 5 nitrogen and oxygen atoms in total. The number of carbonyl (C=O) groups excluding carboxylic acids is 2. The van der Waals surface area contributed by atoms with Crippen LogP contribution in [0.3, 0.4) is 0 Å². The molecule has 0 aromatic heterocycles. The molecule has 0 rings (SSSR count). The first-order chi connectivity index (χ1) is 21.6. The number of rotatable bonds is 31. The van der Waals surface area contributed by atoms with E-state index in [0.29, 0.717) is 12.8 Å². The van der Waals surface area contributed by atoms with Gasteiger partial charge in [0, 0.05) is 12.8 Å². The lowest BCUT2D eigenvalue weighted by molar-refractivity contribution is -0.161. The minimum atomic E-state index is -0.803. The topological polar surface area (TPSA) is 72.8 Å². The number of hydrogen-bond acceptors (Lipinski definition) is 5. The van der Waals surface area contributed by atoms with Gasteiger partial charge in [0.05, 0.1) is 6.61 Å². The standard InChI is InChI=1S/C39H66O5/c1-3-5-7-9-11-13-15-17-18-19-20-22-24-26-28-30-32-34-39(42)44-37(35-40)36-43-38(41)33-31-29-27-25-23-21-16-14-12-10-8-6-4-2/h11,13-14,16-18,20,22,26,28,37,40H,3-10,12,15,19,21,23-25,27,29-36H2,1-2H3/b13-11+,16-14+,18-17+,22-20+,28-26+/t37-/m0/s1. The molecule has 0 amide bonds. The first-order valence-electron chi connectivity index (χ1n) is 17.8. The number of aliphatic hydroxyl groups is 1. The number of esters is 2. The molecule has 5 heteroatoms. The Balaban J connectivity index is 3.72. The molecule has 0 spiro atoms. The third kappa shape index (κ3) is 32.5. The number of allylic oxidation sites excluding steroid dienone is 10. The lowest BCUT2D eigenvalue weighted by Gasteiger charge is -2.15. The van der Waals surface area contributed by atoms with Gasteiger partial charge in [-0.05, 0) is 77.0 Å². The summed E-state index contributed by atoms with van der Waals surface area (Å²) in [6.07, 6.45) is 44.2. The number of ether oxygens (including phenoxy) is 2. The van der Waals surface area contributed by atoms with Gasteiger partial charge < -0.3 is 14.6 Å². The molecule has 0 aliphatic heterocycles. The monoisotopic (exact) mass is 614 g/mol. The molecule has 0 aromatic carbocycles. The highest BCUT2D eigenvalue weighted by Crippen LogP contribution is 2.10. The summed E-state index contributed by atoms with van der Waals surface area (Å²) in [6, 6.07) is 0. The van der Waals surface area contributed by atoms with Crippen LogP contribution in [0.4, 0.5) is 0 Å². The maximum Gasteiger partial charge on any atom is 0.306 e. The summed E-state index contributed by atoms with van der Waals surface area (Å²) < 4.78 is 10.5. The quantitative estimate of drug-likeness (QED) is 0.0478. The molecule has 44 heavy (non-hydrogen) atoms. The summed E-state index contributed by atoms with van der Waals surface area (Å²) in [7, 11) is 0. The number of aliphatic hydroxyl groups excluding tert-OH is 1. The Kier molecular flexibility index (Phi) is 33.2. The van der Waals surface area contributed by atoms with Crippen molar-refractivity contribution in [1.29, 1.82) is 0 Å². The molecule has 0 aliphatic rings. The maximum atomic E-state index is 12.1. The SMILES string of the molecule is CCCCC/C=C/C/C=C/C/C=C/C/C=C/CCCC(=O)O[C@@H](CO)COC(=O)CCCCCCC/C=C/CCCCCC. The molecular weight excluding hydrogens is 548 g/mol. The fourth-order valence-corrected chi connectivity index (χ4v) is 4.54. The second-order valence-electron chi connectivity index (χ2n) is 11.6. The van der Waals surface area contributed by atoms with Gasteiger partial charge in [-0.3, -0.25) is 9.59 Å². The van der Waals surface area contributed by atoms with Crippen LogP contribution in [0, 0.1) is 0 Å². The average Bonchev–Trinajstić information content (AvgIpc) is 3.02. The largest absolute Gasteiger partial charge is 0.462 e. The summed E-state index contributed by atoms with van der Waals surface area (Å²) >= 11 is 0. The van der Waals surface area contributed by atoms with Crippen molar-refractivity contribution >= 4 is 11.9 Å². The fourth-order valence-electron chi connectivity index (χ4n) is 4.54. The van der Waals surface area contributed by atoms with Crippen LogP contribution in [0.15, 0.2) is 60.8 Å². The molecule has 0 radical (unpaired) electrons. The van der Waals surface area contributed by atoms with Crippen molar-refractivity contribution in [3.63, 3.8) is 0 Å². The summed E-state index contributed by atoms with van der Waals surface area (Å²) in [5, 5.41) is 9.51. The predicted octanol–water partition coefficient (Wildman–Crippen LogP) is 10.8. The second kappa shape index (κ2) is 35.1. The van der Waals surface area contributed by atoms with E-state index in [2.05, 4.69) is 74.6 Å². The summed E-state index contributed by atoms with van der Waals surface area (Å²) in [6.45, 7) is 4.02. The van der Waals surface area contributed by atoms with E-state index in [0.717, 1.165) is 51.4 Å². The Hall–Kier alpha value is -2.40. The van der Waals surface area contributed by atoms with E-state index in [1.54, 1.807) is 0 Å². The second-order valence-corrected chi connectivity index (χ2v) is 11.6. The van der Waals surface area contributed by atoms with Crippen molar-refractivity contribution in [3.8, 4) is 0 Å². The number of unbranched alkanes of at least 4 members (excludes halogenated alkanes) is 13. The Bertz CT molecular complexity index is 792. The van der Waals surface area contributed by atoms with Crippen LogP contribution in [-0.2, 0) is 19.1 Å². The van der Waals surface area contributed by atoms with Gasteiger partial charge in [0.1, 0.15) is 6.61 Å². The predicted molar refractivity (Wildman–Crippen MR) is 187 cm³/mol. The highest BCUT2D eigenvalue weighted by atomic mass is 16.6. The van der Waals surface area contributed by atoms with Crippen molar-refractivity contribution in [1.82, 2.24) is 0 Å². The van der Waals surface area contributed by atoms with Gasteiger partial charge in [-0.1, -0.05) is 126 Å². The molecule has 0 fully saturated rings. The Morgan fingerprint density at radius 1 is 0.523 bits per heavy atom. The Morgan fingerprint density at radius 3 is 1.50 bits per heavy atom. The van der Waals surface area contributed by atoms with E-state index in [-0.39, 0.29) is 31.6 Å². The van der Waals surface area contributed by atoms with E-state index in [1.165, 1.54) is 70.6 Å². The van der Waals surface area contributed by atoms with E-state index in [4.69, 9.17) is 9.47 Å². The molecule has 1 atom stereocenters. The zero-order valence-corrected chi connectivity index (χ0v) is 28.4. The lowest BCUT2D eigenvalue weighted by atomic mass is 10.1. The summed E-state index contributed by atoms with van der Waals surface area (Å²) in [5.41, 5.74) is 0. The van der Waals surface area contributed by atoms with Crippen LogP contribution in [0.25, 0.3) is 0 Å². The van der Waals surface area contributed by atoms with Crippen LogP contribution < -0.4 is 0 Å². The third-order valence-corrected chi connectivity index (χ3v) is 7.28. The van der Waals surface area contributed by atoms with E-state index in [1.807, 2.05) is 0 Å². The van der Waals surface area contributed by atoms with Crippen LogP contribution >= 0.6 is 0 Å². The van der Waals surface area contributed by atoms with Gasteiger partial charge in [0.2, 0.25) is 0 Å². The molecule has 0 bridgehead atoms. The molecule has 0 aliphatic carbocycles. The Morgan fingerprint density at radius 2 is 0.932 bits per heavy atom. The third-order valence-electron chi connectivity index (χ3n) is 7.28. The van der Waals surface area contributed by atoms with Crippen molar-refractivity contribution in [3.05, 3.63) is 60.8 Å². The van der Waals surface area contributed by atoms with Crippen LogP contribution in [0.5, 0.6) is 0 Å². The normalized spacial score (nSPS) is 12.9. The van der Waals surface area contributed by atoms with Crippen LogP contribution in [-0.4, -0.2) is 36.4 Å². The Labute approximate surface area is 271 Å². The van der Waals surface area contributed by atoms with Crippen LogP contribution in [0.2, 0.25) is 0 Å². The zero-order valence-electron chi connectivity index (χ0n) is 28.4. The molecule has 0 aromatic rings. The van der Waals surface area contributed by atoms with E-state index < -0.39 is 6.10 Å². The molecule has 0 saturated heterocycles. The van der Waals surface area contributed by atoms with Crippen molar-refractivity contribution in [2.75, 3.05) is 13.2 Å². The van der Waals surface area contributed by atoms with Gasteiger partial charge in [0.25, 0.3) is 0 Å². The lowest BCUT2D eigenvalue weighted by Crippen LogP contribution is -2.28. The first kappa shape index (κ1) is 41.6. The number of hydrogen-bond donors (Lipinski definition) is 1.